The Morgan fingerprint density at radius 1 is 0.591 bits per heavy atom. The number of aromatic nitrogens is 2. The van der Waals surface area contributed by atoms with Gasteiger partial charge in [0.1, 0.15) is 45.1 Å². The van der Waals surface area contributed by atoms with Gasteiger partial charge in [0.25, 0.3) is 0 Å². The zero-order chi connectivity index (χ0) is 45.2. The first-order chi connectivity index (χ1) is 32.1. The van der Waals surface area contributed by atoms with Crippen molar-refractivity contribution in [3.8, 4) is 18.2 Å². The summed E-state index contributed by atoms with van der Waals surface area (Å²) >= 11 is 2.84. The lowest BCUT2D eigenvalue weighted by Gasteiger charge is -2.45. The van der Waals surface area contributed by atoms with Gasteiger partial charge in [-0.05, 0) is 99.9 Å². The van der Waals surface area contributed by atoms with Crippen LogP contribution in [0.1, 0.15) is 153 Å². The fraction of sp³-hybridized carbons (Fsp3) is 0.269. The molecule has 2 spiro atoms. The van der Waals surface area contributed by atoms with E-state index in [-0.39, 0.29) is 67.6 Å². The van der Waals surface area contributed by atoms with Gasteiger partial charge in [0.2, 0.25) is 5.69 Å². The van der Waals surface area contributed by atoms with Crippen LogP contribution in [-0.4, -0.2) is 33.1 Å². The minimum Gasteiger partial charge on any atom is -0.481 e. The first kappa shape index (κ1) is 39.9. The second-order valence-electron chi connectivity index (χ2n) is 17.9. The van der Waals surface area contributed by atoms with E-state index in [2.05, 4.69) is 29.1 Å². The van der Waals surface area contributed by atoms with E-state index in [4.69, 9.17) is 26.0 Å². The van der Waals surface area contributed by atoms with Crippen LogP contribution in [-0.2, 0) is 20.7 Å². The molecule has 4 aromatic rings. The number of allylic oxidation sites excluding steroid dienone is 8. The normalized spacial score (nSPS) is 22.8. The largest absolute Gasteiger partial charge is 0.481 e. The van der Waals surface area contributed by atoms with E-state index in [1.807, 2.05) is 18.2 Å². The smallest absolute Gasteiger partial charge is 0.205 e. The van der Waals surface area contributed by atoms with Crippen LogP contribution < -0.4 is 0 Å². The summed E-state index contributed by atoms with van der Waals surface area (Å²) in [4.78, 5) is 70.2. The van der Waals surface area contributed by atoms with Gasteiger partial charge in [0, 0.05) is 45.2 Å². The number of nitrogens with zero attached hydrogens (tertiary/aromatic N) is 6. The molecular formula is C52H32N6O6S2. The maximum Gasteiger partial charge on any atom is 0.205 e. The SMILES string of the molecule is [C-]#[N+]c1cc2c(cc1C#N)C(=O)/C(=C/c1nc3c(s1)C1=CC4C=C5OC6(CCCCC6)c6nc(C=C7C(=O)c8cc(C#N)c(C#N)cc8C7=O)sc6C5=CC4C=C1OC31CCCCC1)C2=O. The van der Waals surface area contributed by atoms with E-state index < -0.39 is 34.3 Å². The van der Waals surface area contributed by atoms with Crippen molar-refractivity contribution in [3.63, 3.8) is 0 Å². The van der Waals surface area contributed by atoms with E-state index in [9.17, 15) is 35.0 Å². The van der Waals surface area contributed by atoms with Gasteiger partial charge in [0.05, 0.1) is 50.2 Å². The molecule has 0 amide bonds. The molecule has 4 heterocycles. The van der Waals surface area contributed by atoms with Gasteiger partial charge in [-0.2, -0.15) is 15.8 Å². The van der Waals surface area contributed by atoms with Crippen molar-refractivity contribution in [1.82, 2.24) is 9.97 Å². The lowest BCUT2D eigenvalue weighted by atomic mass is 9.73. The average Bonchev–Trinajstić information content (AvgIpc) is 4.09. The lowest BCUT2D eigenvalue weighted by Crippen LogP contribution is -2.38. The Kier molecular flexibility index (Phi) is 8.74. The predicted molar refractivity (Wildman–Crippen MR) is 242 cm³/mol. The third kappa shape index (κ3) is 5.69. The molecule has 14 heteroatoms. The van der Waals surface area contributed by atoms with Crippen molar-refractivity contribution in [2.45, 2.75) is 75.4 Å². The number of hydrogen-bond donors (Lipinski definition) is 0. The number of carbonyl (C=O) groups is 4. The zero-order valence-electron chi connectivity index (χ0n) is 34.9. The fourth-order valence-electron chi connectivity index (χ4n) is 11.0. The van der Waals surface area contributed by atoms with Gasteiger partial charge >= 0.3 is 0 Å². The molecule has 2 aromatic heterocycles. The topological polar surface area (TPSA) is 188 Å². The molecule has 0 bridgehead atoms. The average molecular weight is 901 g/mol. The highest BCUT2D eigenvalue weighted by molar-refractivity contribution is 7.14. The van der Waals surface area contributed by atoms with Crippen LogP contribution in [0.4, 0.5) is 5.69 Å². The molecule has 12 nitrogen and oxygen atoms in total. The Morgan fingerprint density at radius 3 is 1.38 bits per heavy atom. The number of thiazole rings is 2. The number of hydrogen-bond acceptors (Lipinski definition) is 13. The van der Waals surface area contributed by atoms with Crippen molar-refractivity contribution in [1.29, 1.82) is 15.8 Å². The van der Waals surface area contributed by atoms with Crippen molar-refractivity contribution in [2.75, 3.05) is 0 Å². The molecule has 0 N–H and O–H groups in total. The van der Waals surface area contributed by atoms with Crippen LogP contribution in [0.3, 0.4) is 0 Å². The van der Waals surface area contributed by atoms with E-state index in [0.717, 1.165) is 108 Å². The van der Waals surface area contributed by atoms with Crippen LogP contribution in [0.5, 0.6) is 0 Å². The number of Topliss-reactive ketones (excluding diaryl/α,β-unsaturated/α-hetero) is 4. The Hall–Kier alpha value is -7.62. The summed E-state index contributed by atoms with van der Waals surface area (Å²) in [5.74, 6) is -0.704. The van der Waals surface area contributed by atoms with Crippen LogP contribution in [0, 0.1) is 52.4 Å². The molecule has 318 valence electrons. The Balaban J connectivity index is 0.925. The molecule has 2 atom stereocenters. The minimum absolute atomic E-state index is 0.0273. The number of ether oxygens (including phenoxy) is 2. The molecule has 66 heavy (non-hydrogen) atoms. The monoisotopic (exact) mass is 900 g/mol. The van der Waals surface area contributed by atoms with Gasteiger partial charge in [-0.1, -0.05) is 25.0 Å². The molecule has 2 fully saturated rings. The Labute approximate surface area is 385 Å². The molecule has 0 saturated heterocycles. The zero-order valence-corrected chi connectivity index (χ0v) is 36.6. The van der Waals surface area contributed by atoms with E-state index in [1.54, 1.807) is 12.2 Å². The van der Waals surface area contributed by atoms with E-state index in [1.165, 1.54) is 46.9 Å². The molecule has 2 unspecified atom stereocenters. The molecule has 2 saturated carbocycles. The van der Waals surface area contributed by atoms with E-state index >= 15 is 0 Å². The number of ketones is 4. The quantitative estimate of drug-likeness (QED) is 0.106. The molecular weight excluding hydrogens is 869 g/mol. The van der Waals surface area contributed by atoms with Gasteiger partial charge in [0.15, 0.2) is 34.3 Å². The maximum absolute atomic E-state index is 13.7. The molecule has 2 aliphatic heterocycles. The third-order valence-corrected chi connectivity index (χ3v) is 16.3. The highest BCUT2D eigenvalue weighted by Gasteiger charge is 2.50. The maximum atomic E-state index is 13.7. The second kappa shape index (κ2) is 14.4. The highest BCUT2D eigenvalue weighted by Crippen LogP contribution is 2.58. The summed E-state index contributed by atoms with van der Waals surface area (Å²) in [6, 6.07) is 11.2. The molecule has 6 aliphatic carbocycles. The minimum atomic E-state index is -0.688. The molecule has 12 rings (SSSR count). The van der Waals surface area contributed by atoms with Crippen LogP contribution in [0.2, 0.25) is 0 Å². The van der Waals surface area contributed by atoms with Crippen molar-refractivity contribution in [2.24, 2.45) is 11.8 Å². The van der Waals surface area contributed by atoms with Gasteiger partial charge in [-0.3, -0.25) is 19.2 Å². The summed E-state index contributed by atoms with van der Waals surface area (Å²) in [5.41, 5.74) is 2.54. The third-order valence-electron chi connectivity index (χ3n) is 14.2. The standard InChI is InChI=1S/C52H32N6O6S2/c1-56-38-19-33-32(16-29(38)24-55)45(61)37(46(33)62)21-42-58-50-48(66-42)35-13-26-17-39-34(12-25(26)18-40(35)64-52(50)10-6-3-7-11-52)47-49(51(63-39)8-4-2-5-9-51)57-41(65-47)20-36-43(59)30-14-27(22-53)28(23-54)15-31(30)44(36)60/h12-21,25-26H,2-11H2/b37-21-. The van der Waals surface area contributed by atoms with Crippen LogP contribution in [0.25, 0.3) is 28.1 Å². The summed E-state index contributed by atoms with van der Waals surface area (Å²) in [6.45, 7) is 7.48. The second-order valence-corrected chi connectivity index (χ2v) is 20.0. The Bertz CT molecular complexity index is 3090. The summed E-state index contributed by atoms with van der Waals surface area (Å²) < 4.78 is 14.2. The lowest BCUT2D eigenvalue weighted by molar-refractivity contribution is -0.0374. The van der Waals surface area contributed by atoms with Crippen molar-refractivity contribution < 1.29 is 28.7 Å². The highest BCUT2D eigenvalue weighted by atomic mass is 32.1. The fourth-order valence-corrected chi connectivity index (χ4v) is 13.3. The predicted octanol–water partition coefficient (Wildman–Crippen LogP) is 10.6. The number of benzene rings is 2. The summed E-state index contributed by atoms with van der Waals surface area (Å²) in [6.07, 6.45) is 20.8. The summed E-state index contributed by atoms with van der Waals surface area (Å²) in [7, 11) is 0. The van der Waals surface area contributed by atoms with Crippen molar-refractivity contribution >= 4 is 74.8 Å². The number of nitriles is 3. The van der Waals surface area contributed by atoms with E-state index in [0.29, 0.717) is 10.0 Å². The van der Waals surface area contributed by atoms with Crippen LogP contribution in [0.15, 0.2) is 71.2 Å². The van der Waals surface area contributed by atoms with Crippen molar-refractivity contribution in [3.05, 3.63) is 153 Å². The molecule has 8 aliphatic rings. The first-order valence-corrected chi connectivity index (χ1v) is 23.5. The Morgan fingerprint density at radius 2 is 0.985 bits per heavy atom. The molecule has 0 radical (unpaired) electrons. The molecule has 2 aromatic carbocycles. The van der Waals surface area contributed by atoms with Gasteiger partial charge in [-0.15, -0.1) is 22.7 Å². The number of rotatable bonds is 2. The number of carbonyl (C=O) groups excluding carboxylic acids is 4. The number of fused-ring (bicyclic) bond motifs is 11. The van der Waals surface area contributed by atoms with Gasteiger partial charge < -0.3 is 9.47 Å². The first-order valence-electron chi connectivity index (χ1n) is 21.9. The van der Waals surface area contributed by atoms with Gasteiger partial charge in [-0.25, -0.2) is 14.8 Å². The summed E-state index contributed by atoms with van der Waals surface area (Å²) in [5, 5.41) is 29.8. The van der Waals surface area contributed by atoms with Crippen LogP contribution >= 0.6 is 22.7 Å².